The zero-order valence-electron chi connectivity index (χ0n) is 16.3. The minimum absolute atomic E-state index is 0.107. The summed E-state index contributed by atoms with van der Waals surface area (Å²) in [6, 6.07) is 10.4. The highest BCUT2D eigenvalue weighted by molar-refractivity contribution is 7.89. The predicted molar refractivity (Wildman–Crippen MR) is 111 cm³/mol. The zero-order chi connectivity index (χ0) is 20.9. The summed E-state index contributed by atoms with van der Waals surface area (Å²) in [4.78, 5) is 12.9. The Morgan fingerprint density at radius 3 is 2.32 bits per heavy atom. The van der Waals surface area contributed by atoms with Crippen molar-refractivity contribution in [3.8, 4) is 5.75 Å². The van der Waals surface area contributed by atoms with Crippen LogP contribution in [0.4, 0.5) is 5.69 Å². The standard InChI is InChI=1S/C20H25ClN2O4S/c1-13(2)11-18(23-28(25,26)16-8-5-14(3)6-9-16)20(24)22-15-7-10-19(27-4)17(21)12-15/h5-10,12-13,18,23H,11H2,1-4H3,(H,22,24). The molecule has 0 aromatic heterocycles. The average molecular weight is 425 g/mol. The third kappa shape index (κ3) is 5.95. The molecule has 0 aliphatic heterocycles. The second-order valence-corrected chi connectivity index (χ2v) is 9.08. The molecule has 1 atom stereocenters. The highest BCUT2D eigenvalue weighted by Gasteiger charge is 2.26. The van der Waals surface area contributed by atoms with Crippen LogP contribution in [0, 0.1) is 12.8 Å². The molecule has 2 aromatic carbocycles. The van der Waals surface area contributed by atoms with Gasteiger partial charge in [-0.15, -0.1) is 0 Å². The number of hydrogen-bond donors (Lipinski definition) is 2. The van der Waals surface area contributed by atoms with E-state index in [1.165, 1.54) is 19.2 Å². The van der Waals surface area contributed by atoms with Crippen LogP contribution in [0.25, 0.3) is 0 Å². The molecule has 0 aliphatic rings. The SMILES string of the molecule is COc1ccc(NC(=O)C(CC(C)C)NS(=O)(=O)c2ccc(C)cc2)cc1Cl. The van der Waals surface area contributed by atoms with Crippen molar-refractivity contribution in [1.29, 1.82) is 0 Å². The van der Waals surface area contributed by atoms with Crippen LogP contribution in [0.3, 0.4) is 0 Å². The fourth-order valence-electron chi connectivity index (χ4n) is 2.63. The first kappa shape index (κ1) is 22.2. The number of nitrogens with one attached hydrogen (secondary N) is 2. The minimum atomic E-state index is -3.83. The van der Waals surface area contributed by atoms with Gasteiger partial charge >= 0.3 is 0 Å². The molecule has 2 rings (SSSR count). The summed E-state index contributed by atoms with van der Waals surface area (Å²) in [7, 11) is -2.34. The maximum absolute atomic E-state index is 12.8. The first-order chi connectivity index (χ1) is 13.1. The van der Waals surface area contributed by atoms with E-state index in [1.54, 1.807) is 30.3 Å². The monoisotopic (exact) mass is 424 g/mol. The van der Waals surface area contributed by atoms with Crippen molar-refractivity contribution in [3.63, 3.8) is 0 Å². The Morgan fingerprint density at radius 1 is 1.14 bits per heavy atom. The van der Waals surface area contributed by atoms with Gasteiger partial charge in [0.1, 0.15) is 11.8 Å². The molecule has 8 heteroatoms. The van der Waals surface area contributed by atoms with Crippen molar-refractivity contribution in [1.82, 2.24) is 4.72 Å². The molecule has 0 bridgehead atoms. The van der Waals surface area contributed by atoms with Gasteiger partial charge in [0.15, 0.2) is 0 Å². The summed E-state index contributed by atoms with van der Waals surface area (Å²) in [5, 5.41) is 3.06. The van der Waals surface area contributed by atoms with Gasteiger partial charge in [0, 0.05) is 5.69 Å². The van der Waals surface area contributed by atoms with Gasteiger partial charge < -0.3 is 10.1 Å². The number of benzene rings is 2. The molecular weight excluding hydrogens is 400 g/mol. The number of aryl methyl sites for hydroxylation is 1. The zero-order valence-corrected chi connectivity index (χ0v) is 17.9. The van der Waals surface area contributed by atoms with Gasteiger partial charge in [-0.1, -0.05) is 43.1 Å². The molecule has 152 valence electrons. The number of carbonyl (C=O) groups is 1. The molecule has 1 amide bonds. The maximum Gasteiger partial charge on any atom is 0.242 e. The number of ether oxygens (including phenoxy) is 1. The summed E-state index contributed by atoms with van der Waals surface area (Å²) in [5.41, 5.74) is 1.41. The van der Waals surface area contributed by atoms with E-state index in [0.29, 0.717) is 22.9 Å². The van der Waals surface area contributed by atoms with E-state index in [4.69, 9.17) is 16.3 Å². The van der Waals surface area contributed by atoms with Gasteiger partial charge in [0.25, 0.3) is 0 Å². The van der Waals surface area contributed by atoms with Crippen molar-refractivity contribution >= 4 is 33.2 Å². The van der Waals surface area contributed by atoms with Gasteiger partial charge in [-0.25, -0.2) is 8.42 Å². The lowest BCUT2D eigenvalue weighted by Gasteiger charge is -2.20. The van der Waals surface area contributed by atoms with E-state index in [1.807, 2.05) is 20.8 Å². The molecule has 0 heterocycles. The minimum Gasteiger partial charge on any atom is -0.495 e. The fourth-order valence-corrected chi connectivity index (χ4v) is 4.09. The molecule has 6 nitrogen and oxygen atoms in total. The van der Waals surface area contributed by atoms with Gasteiger partial charge in [-0.3, -0.25) is 4.79 Å². The van der Waals surface area contributed by atoms with Crippen molar-refractivity contribution in [3.05, 3.63) is 53.1 Å². The topological polar surface area (TPSA) is 84.5 Å². The second kappa shape index (κ2) is 9.41. The van der Waals surface area contributed by atoms with Crippen molar-refractivity contribution in [2.45, 2.75) is 38.1 Å². The maximum atomic E-state index is 12.8. The Morgan fingerprint density at radius 2 is 1.79 bits per heavy atom. The molecule has 0 fully saturated rings. The van der Waals surface area contributed by atoms with Gasteiger partial charge in [0.2, 0.25) is 15.9 Å². The second-order valence-electron chi connectivity index (χ2n) is 6.96. The number of amides is 1. The summed E-state index contributed by atoms with van der Waals surface area (Å²) in [6.07, 6.45) is 0.348. The van der Waals surface area contributed by atoms with Gasteiger partial charge in [-0.2, -0.15) is 4.72 Å². The molecular formula is C20H25ClN2O4S. The third-order valence-electron chi connectivity index (χ3n) is 4.07. The molecule has 2 N–H and O–H groups in total. The van der Waals surface area contributed by atoms with Crippen LogP contribution in [0.15, 0.2) is 47.4 Å². The molecule has 0 spiro atoms. The Hall–Kier alpha value is -2.09. The van der Waals surface area contributed by atoms with E-state index in [-0.39, 0.29) is 10.8 Å². The molecule has 2 aromatic rings. The lowest BCUT2D eigenvalue weighted by molar-refractivity contribution is -0.118. The van der Waals surface area contributed by atoms with Crippen LogP contribution in [0.5, 0.6) is 5.75 Å². The van der Waals surface area contributed by atoms with E-state index in [2.05, 4.69) is 10.0 Å². The Labute approximate surface area is 171 Å². The highest BCUT2D eigenvalue weighted by atomic mass is 35.5. The summed E-state index contributed by atoms with van der Waals surface area (Å²) in [6.45, 7) is 5.72. The Bertz CT molecular complexity index is 928. The fraction of sp³-hybridized carbons (Fsp3) is 0.350. The molecule has 1 unspecified atom stereocenters. The van der Waals surface area contributed by atoms with Crippen LogP contribution >= 0.6 is 11.6 Å². The molecule has 0 saturated carbocycles. The predicted octanol–water partition coefficient (Wildman–Crippen LogP) is 3.99. The van der Waals surface area contributed by atoms with E-state index < -0.39 is 22.0 Å². The van der Waals surface area contributed by atoms with Crippen LogP contribution in [0.1, 0.15) is 25.8 Å². The molecule has 0 radical (unpaired) electrons. The van der Waals surface area contributed by atoms with Crippen molar-refractivity contribution < 1.29 is 17.9 Å². The van der Waals surface area contributed by atoms with Crippen LogP contribution in [0.2, 0.25) is 5.02 Å². The molecule has 0 aliphatic carbocycles. The lowest BCUT2D eigenvalue weighted by atomic mass is 10.0. The van der Waals surface area contributed by atoms with Crippen LogP contribution < -0.4 is 14.8 Å². The number of carbonyl (C=O) groups excluding carboxylic acids is 1. The van der Waals surface area contributed by atoms with E-state index in [9.17, 15) is 13.2 Å². The highest BCUT2D eigenvalue weighted by Crippen LogP contribution is 2.27. The number of rotatable bonds is 8. The number of halogens is 1. The number of hydrogen-bond acceptors (Lipinski definition) is 4. The summed E-state index contributed by atoms with van der Waals surface area (Å²) >= 11 is 6.09. The third-order valence-corrected chi connectivity index (χ3v) is 5.85. The van der Waals surface area contributed by atoms with E-state index in [0.717, 1.165) is 5.56 Å². The quantitative estimate of drug-likeness (QED) is 0.671. The molecule has 28 heavy (non-hydrogen) atoms. The first-order valence-electron chi connectivity index (χ1n) is 8.86. The largest absolute Gasteiger partial charge is 0.495 e. The van der Waals surface area contributed by atoms with Gasteiger partial charge in [-0.05, 0) is 49.6 Å². The Balaban J connectivity index is 2.21. The summed E-state index contributed by atoms with van der Waals surface area (Å²) in [5.74, 6) is 0.139. The smallest absolute Gasteiger partial charge is 0.242 e. The number of anilines is 1. The van der Waals surface area contributed by atoms with Crippen LogP contribution in [-0.4, -0.2) is 27.5 Å². The summed E-state index contributed by atoms with van der Waals surface area (Å²) < 4.78 is 33.0. The first-order valence-corrected chi connectivity index (χ1v) is 10.7. The Kier molecular flexibility index (Phi) is 7.46. The molecule has 0 saturated heterocycles. The van der Waals surface area contributed by atoms with Gasteiger partial charge in [0.05, 0.1) is 17.0 Å². The number of methoxy groups -OCH3 is 1. The van der Waals surface area contributed by atoms with Crippen molar-refractivity contribution in [2.24, 2.45) is 5.92 Å². The van der Waals surface area contributed by atoms with Crippen molar-refractivity contribution in [2.75, 3.05) is 12.4 Å². The van der Waals surface area contributed by atoms with E-state index >= 15 is 0 Å². The normalized spacial score (nSPS) is 12.6. The average Bonchev–Trinajstić information content (AvgIpc) is 2.61. The van der Waals surface area contributed by atoms with Crippen LogP contribution in [-0.2, 0) is 14.8 Å². The number of sulfonamides is 1. The lowest BCUT2D eigenvalue weighted by Crippen LogP contribution is -2.44.